The van der Waals surface area contributed by atoms with E-state index in [-0.39, 0.29) is 0 Å². The molecule has 0 saturated carbocycles. The van der Waals surface area contributed by atoms with Crippen molar-refractivity contribution in [2.75, 3.05) is 0 Å². The second-order valence-corrected chi connectivity index (χ2v) is 4.58. The number of unbranched alkanes of at least 4 members (excludes halogenated alkanes) is 1. The summed E-state index contributed by atoms with van der Waals surface area (Å²) in [6.45, 7) is 6.77. The van der Waals surface area contributed by atoms with Crippen molar-refractivity contribution in [2.24, 2.45) is 5.92 Å². The third-order valence-electron chi connectivity index (χ3n) is 2.99. The van der Waals surface area contributed by atoms with Gasteiger partial charge in [0, 0.05) is 0 Å². The highest BCUT2D eigenvalue weighted by Gasteiger charge is 2.14. The Labute approximate surface area is 93.1 Å². The molecule has 84 valence electrons. The first-order valence-electron chi connectivity index (χ1n) is 5.94. The molecule has 0 aliphatic carbocycles. The van der Waals surface area contributed by atoms with E-state index in [0.717, 1.165) is 0 Å². The minimum Gasteiger partial charge on any atom is -0.508 e. The Morgan fingerprint density at radius 1 is 1.13 bits per heavy atom. The Bertz CT molecular complexity index is 274. The molecule has 0 saturated heterocycles. The lowest BCUT2D eigenvalue weighted by molar-refractivity contribution is 0.449. The predicted molar refractivity (Wildman–Crippen MR) is 65.2 cm³/mol. The molecule has 0 bridgehead atoms. The fourth-order valence-electron chi connectivity index (χ4n) is 2.03. The molecule has 0 heterocycles. The first kappa shape index (κ1) is 12.1. The highest BCUT2D eigenvalue weighted by Crippen LogP contribution is 2.30. The van der Waals surface area contributed by atoms with Gasteiger partial charge in [0.15, 0.2) is 0 Å². The van der Waals surface area contributed by atoms with Gasteiger partial charge in [-0.3, -0.25) is 0 Å². The van der Waals surface area contributed by atoms with E-state index in [4.69, 9.17) is 0 Å². The third-order valence-corrected chi connectivity index (χ3v) is 2.99. The van der Waals surface area contributed by atoms with Crippen LogP contribution in [-0.2, 0) is 0 Å². The minimum absolute atomic E-state index is 0.358. The Balaban J connectivity index is 2.74. The normalized spacial score (nSPS) is 13.1. The van der Waals surface area contributed by atoms with Crippen LogP contribution in [0.25, 0.3) is 0 Å². The SMILES string of the molecule is CCCCC(c1ccc(O)cc1)C(C)C. The van der Waals surface area contributed by atoms with Gasteiger partial charge < -0.3 is 5.11 Å². The molecule has 0 fully saturated rings. The Morgan fingerprint density at radius 2 is 1.73 bits per heavy atom. The van der Waals surface area contributed by atoms with Gasteiger partial charge in [0.05, 0.1) is 0 Å². The van der Waals surface area contributed by atoms with E-state index in [9.17, 15) is 5.11 Å². The maximum absolute atomic E-state index is 9.25. The molecule has 1 unspecified atom stereocenters. The number of benzene rings is 1. The van der Waals surface area contributed by atoms with Crippen molar-refractivity contribution >= 4 is 0 Å². The molecule has 0 aromatic heterocycles. The summed E-state index contributed by atoms with van der Waals surface area (Å²) < 4.78 is 0. The van der Waals surface area contributed by atoms with Crippen molar-refractivity contribution in [1.29, 1.82) is 0 Å². The Hall–Kier alpha value is -0.980. The van der Waals surface area contributed by atoms with Crippen LogP contribution in [0.2, 0.25) is 0 Å². The van der Waals surface area contributed by atoms with Crippen LogP contribution in [-0.4, -0.2) is 5.11 Å². The van der Waals surface area contributed by atoms with Gasteiger partial charge >= 0.3 is 0 Å². The minimum atomic E-state index is 0.358. The second kappa shape index (κ2) is 5.79. The zero-order chi connectivity index (χ0) is 11.3. The fourth-order valence-corrected chi connectivity index (χ4v) is 2.03. The summed E-state index contributed by atoms with van der Waals surface area (Å²) >= 11 is 0. The van der Waals surface area contributed by atoms with E-state index in [0.29, 0.717) is 17.6 Å². The van der Waals surface area contributed by atoms with Crippen LogP contribution in [0.3, 0.4) is 0 Å². The summed E-state index contributed by atoms with van der Waals surface area (Å²) in [7, 11) is 0. The summed E-state index contributed by atoms with van der Waals surface area (Å²) in [5.41, 5.74) is 1.36. The standard InChI is InChI=1S/C14H22O/c1-4-5-6-14(11(2)3)12-7-9-13(15)10-8-12/h7-11,14-15H,4-6H2,1-3H3. The van der Waals surface area contributed by atoms with Gasteiger partial charge in [0.1, 0.15) is 5.75 Å². The summed E-state index contributed by atoms with van der Waals surface area (Å²) in [6.07, 6.45) is 3.78. The second-order valence-electron chi connectivity index (χ2n) is 4.58. The van der Waals surface area contributed by atoms with Crippen LogP contribution >= 0.6 is 0 Å². The molecule has 1 heteroatoms. The molecular weight excluding hydrogens is 184 g/mol. The molecule has 1 atom stereocenters. The highest BCUT2D eigenvalue weighted by molar-refractivity contribution is 5.28. The van der Waals surface area contributed by atoms with Crippen LogP contribution in [0, 0.1) is 5.92 Å². The van der Waals surface area contributed by atoms with E-state index in [2.05, 4.69) is 32.9 Å². The lowest BCUT2D eigenvalue weighted by Gasteiger charge is -2.21. The fraction of sp³-hybridized carbons (Fsp3) is 0.571. The molecule has 1 N–H and O–H groups in total. The number of rotatable bonds is 5. The van der Waals surface area contributed by atoms with E-state index in [1.807, 2.05) is 0 Å². The van der Waals surface area contributed by atoms with Crippen molar-refractivity contribution in [2.45, 2.75) is 46.0 Å². The van der Waals surface area contributed by atoms with Gasteiger partial charge in [-0.1, -0.05) is 45.7 Å². The van der Waals surface area contributed by atoms with Crippen LogP contribution < -0.4 is 0 Å². The number of phenols is 1. The summed E-state index contributed by atoms with van der Waals surface area (Å²) in [5, 5.41) is 9.25. The van der Waals surface area contributed by atoms with E-state index < -0.39 is 0 Å². The highest BCUT2D eigenvalue weighted by atomic mass is 16.3. The molecule has 0 spiro atoms. The molecule has 1 rings (SSSR count). The molecule has 15 heavy (non-hydrogen) atoms. The summed E-state index contributed by atoms with van der Waals surface area (Å²) in [4.78, 5) is 0. The third kappa shape index (κ3) is 3.58. The van der Waals surface area contributed by atoms with Gasteiger partial charge in [-0.15, -0.1) is 0 Å². The Kier molecular flexibility index (Phi) is 4.67. The average molecular weight is 206 g/mol. The topological polar surface area (TPSA) is 20.2 Å². The zero-order valence-electron chi connectivity index (χ0n) is 10.0. The number of aromatic hydroxyl groups is 1. The Morgan fingerprint density at radius 3 is 2.20 bits per heavy atom. The van der Waals surface area contributed by atoms with Gasteiger partial charge in [0.2, 0.25) is 0 Å². The van der Waals surface area contributed by atoms with Crippen LogP contribution in [0.1, 0.15) is 51.5 Å². The summed E-state index contributed by atoms with van der Waals surface area (Å²) in [5.74, 6) is 1.66. The van der Waals surface area contributed by atoms with E-state index >= 15 is 0 Å². The van der Waals surface area contributed by atoms with E-state index in [1.165, 1.54) is 24.8 Å². The summed E-state index contributed by atoms with van der Waals surface area (Å²) in [6, 6.07) is 7.68. The number of hydrogen-bond acceptors (Lipinski definition) is 1. The van der Waals surface area contributed by atoms with Crippen LogP contribution in [0.4, 0.5) is 0 Å². The zero-order valence-corrected chi connectivity index (χ0v) is 10.0. The van der Waals surface area contributed by atoms with Crippen molar-refractivity contribution in [3.8, 4) is 5.75 Å². The largest absolute Gasteiger partial charge is 0.508 e. The van der Waals surface area contributed by atoms with Gasteiger partial charge in [-0.05, 0) is 36.0 Å². The first-order valence-corrected chi connectivity index (χ1v) is 5.94. The van der Waals surface area contributed by atoms with Crippen molar-refractivity contribution < 1.29 is 5.11 Å². The smallest absolute Gasteiger partial charge is 0.115 e. The van der Waals surface area contributed by atoms with Crippen LogP contribution in [0.5, 0.6) is 5.75 Å². The maximum Gasteiger partial charge on any atom is 0.115 e. The van der Waals surface area contributed by atoms with Gasteiger partial charge in [0.25, 0.3) is 0 Å². The molecule has 1 aromatic rings. The molecular formula is C14H22O. The molecule has 0 aliphatic rings. The number of hydrogen-bond donors (Lipinski definition) is 1. The lowest BCUT2D eigenvalue weighted by atomic mass is 9.84. The van der Waals surface area contributed by atoms with Crippen molar-refractivity contribution in [3.05, 3.63) is 29.8 Å². The molecule has 0 amide bonds. The maximum atomic E-state index is 9.25. The molecule has 1 nitrogen and oxygen atoms in total. The predicted octanol–water partition coefficient (Wildman–Crippen LogP) is 4.32. The monoisotopic (exact) mass is 206 g/mol. The lowest BCUT2D eigenvalue weighted by Crippen LogP contribution is -2.06. The quantitative estimate of drug-likeness (QED) is 0.760. The molecule has 0 radical (unpaired) electrons. The molecule has 1 aromatic carbocycles. The van der Waals surface area contributed by atoms with E-state index in [1.54, 1.807) is 12.1 Å². The van der Waals surface area contributed by atoms with Crippen molar-refractivity contribution in [1.82, 2.24) is 0 Å². The van der Waals surface area contributed by atoms with Crippen molar-refractivity contribution in [3.63, 3.8) is 0 Å². The molecule has 0 aliphatic heterocycles. The van der Waals surface area contributed by atoms with Gasteiger partial charge in [-0.2, -0.15) is 0 Å². The number of phenolic OH excluding ortho intramolecular Hbond substituents is 1. The average Bonchev–Trinajstić information content (AvgIpc) is 2.21. The first-order chi connectivity index (χ1) is 7.15. The van der Waals surface area contributed by atoms with Crippen LogP contribution in [0.15, 0.2) is 24.3 Å². The van der Waals surface area contributed by atoms with Gasteiger partial charge in [-0.25, -0.2) is 0 Å².